The van der Waals surface area contributed by atoms with Crippen molar-refractivity contribution in [2.24, 2.45) is 0 Å². The molecule has 2 radical (unpaired) electrons. The molecule has 13 heavy (non-hydrogen) atoms. The Bertz CT molecular complexity index is 211. The van der Waals surface area contributed by atoms with Crippen molar-refractivity contribution in [3.63, 3.8) is 0 Å². The van der Waals surface area contributed by atoms with Crippen LogP contribution in [0.4, 0.5) is 0 Å². The van der Waals surface area contributed by atoms with Crippen LogP contribution < -0.4 is 0 Å². The van der Waals surface area contributed by atoms with Crippen molar-refractivity contribution in [2.45, 2.75) is 12.2 Å². The van der Waals surface area contributed by atoms with Crippen molar-refractivity contribution >= 4 is 15.7 Å². The summed E-state index contributed by atoms with van der Waals surface area (Å²) in [6, 6.07) is 0. The monoisotopic (exact) mass is 208 g/mol. The van der Waals surface area contributed by atoms with Crippen LogP contribution in [0.2, 0.25) is 0 Å². The van der Waals surface area contributed by atoms with Gasteiger partial charge in [-0.15, -0.1) is 0 Å². The summed E-state index contributed by atoms with van der Waals surface area (Å²) in [5.74, 6) is 0. The molecule has 8 heteroatoms. The number of aliphatic hydroxyl groups is 1. The first-order valence-corrected chi connectivity index (χ1v) is 5.17. The van der Waals surface area contributed by atoms with Gasteiger partial charge in [0.15, 0.2) is 0 Å². The lowest BCUT2D eigenvalue weighted by atomic mass is 10.2. The van der Waals surface area contributed by atoms with Gasteiger partial charge in [0.05, 0.1) is 13.2 Å². The molecule has 1 rings (SSSR count). The van der Waals surface area contributed by atoms with Crippen molar-refractivity contribution in [3.8, 4) is 0 Å². The average molecular weight is 208 g/mol. The first-order valence-electron chi connectivity index (χ1n) is 3.67. The minimum atomic E-state index is -3.92. The fourth-order valence-electron chi connectivity index (χ4n) is 0.976. The van der Waals surface area contributed by atoms with Gasteiger partial charge in [-0.25, -0.2) is 4.57 Å². The summed E-state index contributed by atoms with van der Waals surface area (Å²) < 4.78 is 24.7. The highest BCUT2D eigenvalue weighted by Crippen LogP contribution is 2.50. The number of hydrogen-bond acceptors (Lipinski definition) is 5. The predicted octanol–water partition coefficient (Wildman–Crippen LogP) is -0.994. The second-order valence-electron chi connectivity index (χ2n) is 2.46. The van der Waals surface area contributed by atoms with Gasteiger partial charge < -0.3 is 14.7 Å². The van der Waals surface area contributed by atoms with Crippen LogP contribution in [0.1, 0.15) is 0 Å². The van der Waals surface area contributed by atoms with E-state index in [4.69, 9.17) is 22.6 Å². The maximum absolute atomic E-state index is 10.8. The molecule has 0 aliphatic carbocycles. The van der Waals surface area contributed by atoms with E-state index < -0.39 is 20.0 Å². The zero-order valence-electron chi connectivity index (χ0n) is 6.83. The second-order valence-corrected chi connectivity index (χ2v) is 3.87. The van der Waals surface area contributed by atoms with Crippen LogP contribution in [0.25, 0.3) is 0 Å². The largest absolute Gasteiger partial charge is 0.472 e. The molecule has 1 fully saturated rings. The Balaban J connectivity index is 2.48. The Kier molecular flexibility index (Phi) is 3.91. The van der Waals surface area contributed by atoms with Crippen molar-refractivity contribution in [2.75, 3.05) is 19.7 Å². The van der Waals surface area contributed by atoms with Crippen molar-refractivity contribution in [1.29, 1.82) is 0 Å². The average Bonchev–Trinajstić information content (AvgIpc) is 2.42. The van der Waals surface area contributed by atoms with E-state index in [1.807, 2.05) is 0 Å². The summed E-state index contributed by atoms with van der Waals surface area (Å²) in [4.78, 5) is 8.82. The molecule has 74 valence electrons. The normalized spacial score (nSPS) is 36.3. The molecule has 2 N–H and O–H groups in total. The van der Waals surface area contributed by atoms with E-state index in [1.54, 1.807) is 0 Å². The van der Waals surface area contributed by atoms with E-state index >= 15 is 0 Å². The van der Waals surface area contributed by atoms with Crippen LogP contribution >= 0.6 is 7.82 Å². The third-order valence-corrected chi connectivity index (χ3v) is 2.59. The van der Waals surface area contributed by atoms with Crippen molar-refractivity contribution in [1.82, 2.24) is 0 Å². The van der Waals surface area contributed by atoms with E-state index in [0.29, 0.717) is 0 Å². The zero-order chi connectivity index (χ0) is 9.90. The lowest BCUT2D eigenvalue weighted by Gasteiger charge is -2.18. The Morgan fingerprint density at radius 1 is 1.77 bits per heavy atom. The molecule has 0 aromatic carbocycles. The molecule has 0 aromatic heterocycles. The highest BCUT2D eigenvalue weighted by molar-refractivity contribution is 7.47. The van der Waals surface area contributed by atoms with Crippen molar-refractivity contribution < 1.29 is 28.3 Å². The SMILES string of the molecule is [B]CO[C@H](CO)C1COP(=O)(O)O1. The Morgan fingerprint density at radius 2 is 2.46 bits per heavy atom. The van der Waals surface area contributed by atoms with E-state index in [9.17, 15) is 4.57 Å². The number of phosphoric acid groups is 1. The van der Waals surface area contributed by atoms with Gasteiger partial charge in [-0.3, -0.25) is 9.05 Å². The molecule has 1 aliphatic heterocycles. The number of rotatable bonds is 4. The van der Waals surface area contributed by atoms with Gasteiger partial charge in [0.2, 0.25) is 0 Å². The van der Waals surface area contributed by atoms with Gasteiger partial charge in [0, 0.05) is 6.51 Å². The first-order chi connectivity index (χ1) is 6.09. The maximum Gasteiger partial charge on any atom is 0.472 e. The fourth-order valence-corrected chi connectivity index (χ4v) is 1.91. The van der Waals surface area contributed by atoms with Gasteiger partial charge in [-0.2, -0.15) is 0 Å². The van der Waals surface area contributed by atoms with Gasteiger partial charge >= 0.3 is 7.82 Å². The van der Waals surface area contributed by atoms with Crippen LogP contribution in [-0.2, 0) is 18.3 Å². The molecule has 1 heterocycles. The van der Waals surface area contributed by atoms with Gasteiger partial charge in [0.1, 0.15) is 20.1 Å². The summed E-state index contributed by atoms with van der Waals surface area (Å²) in [6.45, 7) is -0.523. The molecular formula is C5H10BO6P. The minimum absolute atomic E-state index is 0.0843. The lowest BCUT2D eigenvalue weighted by molar-refractivity contribution is -0.0313. The smallest absolute Gasteiger partial charge is 0.394 e. The van der Waals surface area contributed by atoms with Crippen LogP contribution in [-0.4, -0.2) is 49.8 Å². The van der Waals surface area contributed by atoms with E-state index in [2.05, 4.69) is 9.05 Å². The van der Waals surface area contributed by atoms with Crippen molar-refractivity contribution in [3.05, 3.63) is 0 Å². The molecule has 1 saturated heterocycles. The van der Waals surface area contributed by atoms with E-state index in [1.165, 1.54) is 0 Å². The summed E-state index contributed by atoms with van der Waals surface area (Å²) in [6.07, 6.45) is -1.47. The minimum Gasteiger partial charge on any atom is -0.394 e. The van der Waals surface area contributed by atoms with Gasteiger partial charge in [-0.05, 0) is 0 Å². The molecule has 0 spiro atoms. The third-order valence-electron chi connectivity index (χ3n) is 1.58. The van der Waals surface area contributed by atoms with Crippen LogP contribution in [0.5, 0.6) is 0 Å². The molecule has 0 amide bonds. The molecule has 0 aromatic rings. The quantitative estimate of drug-likeness (QED) is 0.455. The Hall–Kier alpha value is 0.0949. The molecule has 3 atom stereocenters. The summed E-state index contributed by atoms with van der Waals surface area (Å²) in [7, 11) is 1.16. The number of aliphatic hydroxyl groups excluding tert-OH is 1. The number of hydrogen-bond donors (Lipinski definition) is 2. The fraction of sp³-hybridized carbons (Fsp3) is 1.00. The molecule has 0 saturated carbocycles. The second kappa shape index (κ2) is 4.55. The number of ether oxygens (including phenoxy) is 1. The zero-order valence-corrected chi connectivity index (χ0v) is 7.72. The van der Waals surface area contributed by atoms with E-state index in [-0.39, 0.29) is 19.7 Å². The van der Waals surface area contributed by atoms with Gasteiger partial charge in [0.25, 0.3) is 0 Å². The Morgan fingerprint density at radius 3 is 2.85 bits per heavy atom. The molecular weight excluding hydrogens is 198 g/mol. The van der Waals surface area contributed by atoms with Crippen LogP contribution in [0.15, 0.2) is 0 Å². The van der Waals surface area contributed by atoms with Gasteiger partial charge in [-0.1, -0.05) is 0 Å². The summed E-state index contributed by atoms with van der Waals surface area (Å²) >= 11 is 0. The molecule has 1 aliphatic rings. The lowest BCUT2D eigenvalue weighted by Crippen LogP contribution is -2.34. The molecule has 0 bridgehead atoms. The molecule has 6 nitrogen and oxygen atoms in total. The van der Waals surface area contributed by atoms with E-state index in [0.717, 1.165) is 0 Å². The topological polar surface area (TPSA) is 85.2 Å². The summed E-state index contributed by atoms with van der Waals surface area (Å²) in [5, 5.41) is 8.80. The third kappa shape index (κ3) is 3.05. The first kappa shape index (κ1) is 11.2. The van der Waals surface area contributed by atoms with Crippen LogP contribution in [0, 0.1) is 0 Å². The van der Waals surface area contributed by atoms with Crippen LogP contribution in [0.3, 0.4) is 0 Å². The number of phosphoric ester groups is 1. The summed E-state index contributed by atoms with van der Waals surface area (Å²) in [5.41, 5.74) is 0. The highest BCUT2D eigenvalue weighted by atomic mass is 31.2. The molecule has 2 unspecified atom stereocenters. The maximum atomic E-state index is 10.8. The highest BCUT2D eigenvalue weighted by Gasteiger charge is 2.39. The standard InChI is InChI=1S/C5H10BO6P/c6-3-10-4(1-7)5-2-11-13(8,9)12-5/h4-5,7H,1-3H2,(H,8,9)/t4-,5?/m1/s1. The Labute approximate surface area is 76.8 Å². The predicted molar refractivity (Wildman–Crippen MR) is 43.2 cm³/mol.